The lowest BCUT2D eigenvalue weighted by Crippen LogP contribution is -2.01. The summed E-state index contributed by atoms with van der Waals surface area (Å²) in [5, 5.41) is 0.750. The lowest BCUT2D eigenvalue weighted by Gasteiger charge is -2.03. The standard InChI is InChI=1S/C14H18ClN3/c1-11-7-14(15)4-3-13(11)10-18-9-12(5-6-16)8-17-2/h3-4,7-9H,2,5-6,10,16H2,1H3/b12-8-,18-9?. The molecule has 1 aromatic carbocycles. The molecule has 18 heavy (non-hydrogen) atoms. The normalized spacial score (nSPS) is 12.1. The first-order valence-corrected chi connectivity index (χ1v) is 6.15. The summed E-state index contributed by atoms with van der Waals surface area (Å²) in [6.07, 6.45) is 4.24. The van der Waals surface area contributed by atoms with Crippen molar-refractivity contribution in [3.05, 3.63) is 46.1 Å². The number of nitrogens with zero attached hydrogens (tertiary/aromatic N) is 2. The van der Waals surface area contributed by atoms with Crippen molar-refractivity contribution in [2.75, 3.05) is 6.54 Å². The molecular formula is C14H18ClN3. The number of rotatable bonds is 6. The average Bonchev–Trinajstić information content (AvgIpc) is 2.32. The number of aliphatic imine (C=N–C) groups is 2. The second-order valence-electron chi connectivity index (χ2n) is 3.97. The summed E-state index contributed by atoms with van der Waals surface area (Å²) in [6.45, 7) is 6.66. The Labute approximate surface area is 113 Å². The summed E-state index contributed by atoms with van der Waals surface area (Å²) < 4.78 is 0. The van der Waals surface area contributed by atoms with Gasteiger partial charge in [0, 0.05) is 17.4 Å². The van der Waals surface area contributed by atoms with Crippen LogP contribution in [0.2, 0.25) is 5.02 Å². The number of hydrogen-bond acceptors (Lipinski definition) is 3. The highest BCUT2D eigenvalue weighted by Gasteiger charge is 1.98. The third-order valence-corrected chi connectivity index (χ3v) is 2.75. The van der Waals surface area contributed by atoms with Gasteiger partial charge >= 0.3 is 0 Å². The molecule has 0 heterocycles. The summed E-state index contributed by atoms with van der Waals surface area (Å²) in [5.74, 6) is 0. The van der Waals surface area contributed by atoms with Crippen molar-refractivity contribution in [2.24, 2.45) is 15.7 Å². The highest BCUT2D eigenvalue weighted by molar-refractivity contribution is 6.30. The van der Waals surface area contributed by atoms with E-state index in [0.29, 0.717) is 13.1 Å². The second kappa shape index (κ2) is 7.80. The summed E-state index contributed by atoms with van der Waals surface area (Å²) in [7, 11) is 0. The van der Waals surface area contributed by atoms with E-state index in [4.69, 9.17) is 17.3 Å². The Hall–Kier alpha value is -1.45. The highest BCUT2D eigenvalue weighted by Crippen LogP contribution is 2.15. The number of nitrogens with two attached hydrogens (primary N) is 1. The third kappa shape index (κ3) is 4.82. The first-order valence-electron chi connectivity index (χ1n) is 5.77. The van der Waals surface area contributed by atoms with E-state index in [1.165, 1.54) is 0 Å². The topological polar surface area (TPSA) is 50.7 Å². The van der Waals surface area contributed by atoms with Gasteiger partial charge in [0.05, 0.1) is 6.54 Å². The van der Waals surface area contributed by atoms with Gasteiger partial charge < -0.3 is 5.73 Å². The number of hydrogen-bond donors (Lipinski definition) is 1. The third-order valence-electron chi connectivity index (χ3n) is 2.51. The number of aryl methyl sites for hydroxylation is 1. The summed E-state index contributed by atoms with van der Waals surface area (Å²) in [5.41, 5.74) is 8.80. The fourth-order valence-electron chi connectivity index (χ4n) is 1.54. The van der Waals surface area contributed by atoms with Crippen LogP contribution in [0, 0.1) is 6.92 Å². The Morgan fingerprint density at radius 3 is 2.89 bits per heavy atom. The van der Waals surface area contributed by atoms with Crippen LogP contribution in [0.5, 0.6) is 0 Å². The summed E-state index contributed by atoms with van der Waals surface area (Å²) in [4.78, 5) is 8.12. The van der Waals surface area contributed by atoms with E-state index in [0.717, 1.165) is 28.1 Å². The summed E-state index contributed by atoms with van der Waals surface area (Å²) >= 11 is 5.90. The first kappa shape index (κ1) is 14.6. The Morgan fingerprint density at radius 2 is 2.28 bits per heavy atom. The van der Waals surface area contributed by atoms with Crippen LogP contribution in [-0.2, 0) is 6.54 Å². The largest absolute Gasteiger partial charge is 0.330 e. The molecule has 0 unspecified atom stereocenters. The van der Waals surface area contributed by atoms with Crippen molar-refractivity contribution in [1.29, 1.82) is 0 Å². The van der Waals surface area contributed by atoms with Crippen LogP contribution in [0.1, 0.15) is 17.5 Å². The monoisotopic (exact) mass is 263 g/mol. The molecule has 0 saturated carbocycles. The van der Waals surface area contributed by atoms with Gasteiger partial charge in [-0.3, -0.25) is 9.98 Å². The van der Waals surface area contributed by atoms with Gasteiger partial charge in [-0.25, -0.2) is 0 Å². The number of benzene rings is 1. The minimum Gasteiger partial charge on any atom is -0.330 e. The molecule has 0 atom stereocenters. The van der Waals surface area contributed by atoms with Crippen molar-refractivity contribution in [3.63, 3.8) is 0 Å². The van der Waals surface area contributed by atoms with Crippen LogP contribution in [0.3, 0.4) is 0 Å². The zero-order valence-corrected chi connectivity index (χ0v) is 11.3. The van der Waals surface area contributed by atoms with Gasteiger partial charge in [-0.1, -0.05) is 17.7 Å². The van der Waals surface area contributed by atoms with Gasteiger partial charge in [0.15, 0.2) is 0 Å². The molecule has 0 saturated heterocycles. The molecule has 1 aromatic rings. The van der Waals surface area contributed by atoms with Crippen LogP contribution < -0.4 is 5.73 Å². The molecule has 0 spiro atoms. The Bertz CT molecular complexity index is 464. The molecule has 0 aromatic heterocycles. The Morgan fingerprint density at radius 1 is 1.50 bits per heavy atom. The lowest BCUT2D eigenvalue weighted by molar-refractivity contribution is 0.976. The molecule has 3 nitrogen and oxygen atoms in total. The maximum atomic E-state index is 5.90. The van der Waals surface area contributed by atoms with Gasteiger partial charge in [-0.05, 0) is 55.4 Å². The van der Waals surface area contributed by atoms with Crippen LogP contribution in [0.15, 0.2) is 40.0 Å². The Kier molecular flexibility index (Phi) is 6.33. The molecule has 2 N–H and O–H groups in total. The zero-order valence-electron chi connectivity index (χ0n) is 10.6. The predicted molar refractivity (Wildman–Crippen MR) is 79.7 cm³/mol. The molecule has 0 bridgehead atoms. The maximum absolute atomic E-state index is 5.90. The molecule has 0 aliphatic heterocycles. The molecule has 0 aliphatic rings. The van der Waals surface area contributed by atoms with E-state index < -0.39 is 0 Å². The Balaban J connectivity index is 2.68. The molecule has 0 aliphatic carbocycles. The van der Waals surface area contributed by atoms with Crippen molar-refractivity contribution >= 4 is 24.5 Å². The zero-order chi connectivity index (χ0) is 13.4. The van der Waals surface area contributed by atoms with Gasteiger partial charge in [0.2, 0.25) is 0 Å². The SMILES string of the molecule is C=N/C=C(\C=NCc1ccc(Cl)cc1C)CCN. The van der Waals surface area contributed by atoms with Crippen LogP contribution in [-0.4, -0.2) is 19.5 Å². The average molecular weight is 264 g/mol. The molecule has 1 rings (SSSR count). The molecule has 4 heteroatoms. The minimum absolute atomic E-state index is 0.577. The van der Waals surface area contributed by atoms with Crippen molar-refractivity contribution < 1.29 is 0 Å². The van der Waals surface area contributed by atoms with Gasteiger partial charge in [-0.2, -0.15) is 0 Å². The second-order valence-corrected chi connectivity index (χ2v) is 4.40. The van der Waals surface area contributed by atoms with E-state index in [2.05, 4.69) is 16.7 Å². The first-order chi connectivity index (χ1) is 8.67. The van der Waals surface area contributed by atoms with Crippen LogP contribution in [0.4, 0.5) is 0 Å². The van der Waals surface area contributed by atoms with Gasteiger partial charge in [0.25, 0.3) is 0 Å². The number of halogens is 1. The lowest BCUT2D eigenvalue weighted by atomic mass is 10.1. The van der Waals surface area contributed by atoms with Gasteiger partial charge in [-0.15, -0.1) is 0 Å². The molecule has 0 radical (unpaired) electrons. The van der Waals surface area contributed by atoms with Crippen LogP contribution in [0.25, 0.3) is 0 Å². The smallest absolute Gasteiger partial charge is 0.0642 e. The van der Waals surface area contributed by atoms with E-state index in [9.17, 15) is 0 Å². The molecule has 96 valence electrons. The molecule has 0 fully saturated rings. The molecular weight excluding hydrogens is 246 g/mol. The summed E-state index contributed by atoms with van der Waals surface area (Å²) in [6, 6.07) is 5.81. The van der Waals surface area contributed by atoms with Crippen LogP contribution >= 0.6 is 11.6 Å². The van der Waals surface area contributed by atoms with Gasteiger partial charge in [0.1, 0.15) is 0 Å². The van der Waals surface area contributed by atoms with E-state index in [-0.39, 0.29) is 0 Å². The fourth-order valence-corrected chi connectivity index (χ4v) is 1.77. The maximum Gasteiger partial charge on any atom is 0.0642 e. The quantitative estimate of drug-likeness (QED) is 0.788. The van der Waals surface area contributed by atoms with E-state index in [1.54, 1.807) is 12.4 Å². The van der Waals surface area contributed by atoms with E-state index in [1.807, 2.05) is 25.1 Å². The van der Waals surface area contributed by atoms with Crippen molar-refractivity contribution in [1.82, 2.24) is 0 Å². The predicted octanol–water partition coefficient (Wildman–Crippen LogP) is 3.15. The van der Waals surface area contributed by atoms with Crippen molar-refractivity contribution in [2.45, 2.75) is 19.9 Å². The van der Waals surface area contributed by atoms with E-state index >= 15 is 0 Å². The minimum atomic E-state index is 0.577. The van der Waals surface area contributed by atoms with Crippen molar-refractivity contribution in [3.8, 4) is 0 Å². The fraction of sp³-hybridized carbons (Fsp3) is 0.286. The molecule has 0 amide bonds. The highest BCUT2D eigenvalue weighted by atomic mass is 35.5.